The second-order valence-electron chi connectivity index (χ2n) is 5.50. The lowest BCUT2D eigenvalue weighted by Crippen LogP contribution is -2.36. The Morgan fingerprint density at radius 2 is 1.68 bits per heavy atom. The van der Waals surface area contributed by atoms with E-state index in [1.807, 2.05) is 24.3 Å². The lowest BCUT2D eigenvalue weighted by Gasteiger charge is -2.28. The van der Waals surface area contributed by atoms with E-state index in [2.05, 4.69) is 15.0 Å². The summed E-state index contributed by atoms with van der Waals surface area (Å²) in [5.74, 6) is -0.302. The second kappa shape index (κ2) is 7.94. The maximum absolute atomic E-state index is 12.2. The fourth-order valence-corrected chi connectivity index (χ4v) is 2.57. The smallest absolute Gasteiger partial charge is 0.387 e. The van der Waals surface area contributed by atoms with Crippen LogP contribution in [0, 0.1) is 0 Å². The molecular formula is C18H18F2N2O3. The van der Waals surface area contributed by atoms with Gasteiger partial charge in [-0.05, 0) is 48.5 Å². The van der Waals surface area contributed by atoms with Gasteiger partial charge in [-0.2, -0.15) is 8.78 Å². The van der Waals surface area contributed by atoms with Gasteiger partial charge in [-0.1, -0.05) is 0 Å². The molecule has 0 radical (unpaired) electrons. The molecule has 1 aliphatic rings. The number of alkyl halides is 2. The molecule has 5 nitrogen and oxygen atoms in total. The predicted molar refractivity (Wildman–Crippen MR) is 90.5 cm³/mol. The molecule has 0 saturated carbocycles. The summed E-state index contributed by atoms with van der Waals surface area (Å²) in [6.07, 6.45) is 0. The van der Waals surface area contributed by atoms with E-state index in [0.717, 1.165) is 18.8 Å². The number of morpholine rings is 1. The van der Waals surface area contributed by atoms with Crippen molar-refractivity contribution < 1.29 is 23.0 Å². The van der Waals surface area contributed by atoms with Crippen molar-refractivity contribution in [1.29, 1.82) is 0 Å². The first-order valence-corrected chi connectivity index (χ1v) is 7.91. The Morgan fingerprint density at radius 1 is 1.04 bits per heavy atom. The Hall–Kier alpha value is -2.67. The Labute approximate surface area is 144 Å². The van der Waals surface area contributed by atoms with Crippen molar-refractivity contribution in [3.05, 3.63) is 54.1 Å². The van der Waals surface area contributed by atoms with E-state index < -0.39 is 6.61 Å². The third-order valence-electron chi connectivity index (χ3n) is 3.84. The maximum atomic E-state index is 12.2. The number of halogens is 2. The number of rotatable bonds is 5. The fourth-order valence-electron chi connectivity index (χ4n) is 2.57. The number of ether oxygens (including phenoxy) is 2. The Morgan fingerprint density at radius 3 is 2.28 bits per heavy atom. The summed E-state index contributed by atoms with van der Waals surface area (Å²) in [4.78, 5) is 14.4. The van der Waals surface area contributed by atoms with Crippen LogP contribution in [-0.2, 0) is 4.74 Å². The van der Waals surface area contributed by atoms with Crippen LogP contribution >= 0.6 is 0 Å². The van der Waals surface area contributed by atoms with E-state index in [9.17, 15) is 13.6 Å². The summed E-state index contributed by atoms with van der Waals surface area (Å²) >= 11 is 0. The molecule has 1 aliphatic heterocycles. The maximum Gasteiger partial charge on any atom is 0.387 e. The van der Waals surface area contributed by atoms with Crippen molar-refractivity contribution in [2.75, 3.05) is 36.5 Å². The molecule has 0 atom stereocenters. The van der Waals surface area contributed by atoms with E-state index >= 15 is 0 Å². The van der Waals surface area contributed by atoms with E-state index in [0.29, 0.717) is 24.5 Å². The predicted octanol–water partition coefficient (Wildman–Crippen LogP) is 3.38. The minimum Gasteiger partial charge on any atom is -0.435 e. The molecule has 1 saturated heterocycles. The number of nitrogens with zero attached hydrogens (tertiary/aromatic N) is 1. The molecule has 0 bridgehead atoms. The molecule has 0 spiro atoms. The van der Waals surface area contributed by atoms with Crippen LogP contribution in [0.3, 0.4) is 0 Å². The molecule has 1 fully saturated rings. The lowest BCUT2D eigenvalue weighted by molar-refractivity contribution is -0.0498. The molecule has 0 unspecified atom stereocenters. The summed E-state index contributed by atoms with van der Waals surface area (Å²) in [6.45, 7) is 0.231. The fraction of sp³-hybridized carbons (Fsp3) is 0.278. The Kier molecular flexibility index (Phi) is 5.45. The number of hydrogen-bond donors (Lipinski definition) is 1. The van der Waals surface area contributed by atoms with Gasteiger partial charge in [-0.3, -0.25) is 4.79 Å². The van der Waals surface area contributed by atoms with Crippen LogP contribution in [0.5, 0.6) is 5.75 Å². The highest BCUT2D eigenvalue weighted by Crippen LogP contribution is 2.20. The number of benzene rings is 2. The van der Waals surface area contributed by atoms with Crippen molar-refractivity contribution in [3.63, 3.8) is 0 Å². The summed E-state index contributed by atoms with van der Waals surface area (Å²) in [7, 11) is 0. The molecule has 0 aromatic heterocycles. The molecule has 7 heteroatoms. The zero-order valence-electron chi connectivity index (χ0n) is 13.5. The van der Waals surface area contributed by atoms with Gasteiger partial charge >= 0.3 is 6.61 Å². The standard InChI is InChI=1S/C18H18F2N2O3/c19-18(20)25-16-7-1-13(2-8-16)17(23)21-14-3-5-15(6-4-14)22-9-11-24-12-10-22/h1-8,18H,9-12H2,(H,21,23). The molecule has 1 heterocycles. The normalized spacial score (nSPS) is 14.4. The van der Waals surface area contributed by atoms with Gasteiger partial charge < -0.3 is 19.7 Å². The quantitative estimate of drug-likeness (QED) is 0.900. The highest BCUT2D eigenvalue weighted by atomic mass is 19.3. The van der Waals surface area contributed by atoms with Gasteiger partial charge in [-0.25, -0.2) is 0 Å². The molecular weight excluding hydrogens is 330 g/mol. The van der Waals surface area contributed by atoms with Crippen LogP contribution in [0.2, 0.25) is 0 Å². The number of anilines is 2. The van der Waals surface area contributed by atoms with Crippen LogP contribution in [0.1, 0.15) is 10.4 Å². The molecule has 0 aliphatic carbocycles. The number of carbonyl (C=O) groups excluding carboxylic acids is 1. The summed E-state index contributed by atoms with van der Waals surface area (Å²) < 4.78 is 33.8. The minimum absolute atomic E-state index is 0.0152. The van der Waals surface area contributed by atoms with Gasteiger partial charge in [0, 0.05) is 30.0 Å². The van der Waals surface area contributed by atoms with Crippen LogP contribution in [0.25, 0.3) is 0 Å². The van der Waals surface area contributed by atoms with Crippen LogP contribution < -0.4 is 15.0 Å². The molecule has 1 amide bonds. The third kappa shape index (κ3) is 4.67. The van der Waals surface area contributed by atoms with Crippen LogP contribution in [0.15, 0.2) is 48.5 Å². The molecule has 2 aromatic carbocycles. The van der Waals surface area contributed by atoms with E-state index in [1.54, 1.807) is 0 Å². The largest absolute Gasteiger partial charge is 0.435 e. The first kappa shape index (κ1) is 17.2. The van der Waals surface area contributed by atoms with Gasteiger partial charge in [0.1, 0.15) is 5.75 Å². The van der Waals surface area contributed by atoms with Crippen molar-refractivity contribution in [3.8, 4) is 5.75 Å². The van der Waals surface area contributed by atoms with E-state index in [4.69, 9.17) is 4.74 Å². The molecule has 132 valence electrons. The van der Waals surface area contributed by atoms with Crippen LogP contribution in [0.4, 0.5) is 20.2 Å². The van der Waals surface area contributed by atoms with Crippen LogP contribution in [-0.4, -0.2) is 38.8 Å². The van der Waals surface area contributed by atoms with Gasteiger partial charge in [0.25, 0.3) is 5.91 Å². The number of nitrogens with one attached hydrogen (secondary N) is 1. The summed E-state index contributed by atoms with van der Waals surface area (Å²) in [5.41, 5.74) is 2.10. The van der Waals surface area contributed by atoms with Crippen molar-refractivity contribution in [2.45, 2.75) is 6.61 Å². The first-order valence-electron chi connectivity index (χ1n) is 7.91. The number of amides is 1. The molecule has 1 N–H and O–H groups in total. The Bertz CT molecular complexity index is 699. The molecule has 3 rings (SSSR count). The van der Waals surface area contributed by atoms with E-state index in [-0.39, 0.29) is 11.7 Å². The summed E-state index contributed by atoms with van der Waals surface area (Å²) in [6, 6.07) is 13.1. The highest BCUT2D eigenvalue weighted by Gasteiger charge is 2.12. The number of carbonyl (C=O) groups is 1. The highest BCUT2D eigenvalue weighted by molar-refractivity contribution is 6.04. The lowest BCUT2D eigenvalue weighted by atomic mass is 10.2. The minimum atomic E-state index is -2.88. The van der Waals surface area contributed by atoms with Crippen molar-refractivity contribution in [1.82, 2.24) is 0 Å². The SMILES string of the molecule is O=C(Nc1ccc(N2CCOCC2)cc1)c1ccc(OC(F)F)cc1. The topological polar surface area (TPSA) is 50.8 Å². The van der Waals surface area contributed by atoms with E-state index in [1.165, 1.54) is 24.3 Å². The summed E-state index contributed by atoms with van der Waals surface area (Å²) in [5, 5.41) is 2.78. The molecule has 25 heavy (non-hydrogen) atoms. The third-order valence-corrected chi connectivity index (χ3v) is 3.84. The Balaban J connectivity index is 1.60. The average Bonchev–Trinajstić information content (AvgIpc) is 2.63. The van der Waals surface area contributed by atoms with Crippen molar-refractivity contribution in [2.24, 2.45) is 0 Å². The molecule has 2 aromatic rings. The first-order chi connectivity index (χ1) is 12.1. The van der Waals surface area contributed by atoms with Gasteiger partial charge in [0.15, 0.2) is 0 Å². The zero-order chi connectivity index (χ0) is 17.6. The van der Waals surface area contributed by atoms with Gasteiger partial charge in [0.2, 0.25) is 0 Å². The van der Waals surface area contributed by atoms with Crippen molar-refractivity contribution >= 4 is 17.3 Å². The average molecular weight is 348 g/mol. The second-order valence-corrected chi connectivity index (χ2v) is 5.50. The van der Waals surface area contributed by atoms with Gasteiger partial charge in [-0.15, -0.1) is 0 Å². The monoisotopic (exact) mass is 348 g/mol. The number of hydrogen-bond acceptors (Lipinski definition) is 4. The van der Waals surface area contributed by atoms with Gasteiger partial charge in [0.05, 0.1) is 13.2 Å². The zero-order valence-corrected chi connectivity index (χ0v) is 13.5.